The van der Waals surface area contributed by atoms with Crippen molar-refractivity contribution in [2.24, 2.45) is 0 Å². The van der Waals surface area contributed by atoms with Crippen LogP contribution in [0.25, 0.3) is 0 Å². The van der Waals surface area contributed by atoms with Crippen LogP contribution in [0.4, 0.5) is 0 Å². The summed E-state index contributed by atoms with van der Waals surface area (Å²) < 4.78 is 11.1. The lowest BCUT2D eigenvalue weighted by Crippen LogP contribution is -2.27. The number of hydrogen-bond donors (Lipinski definition) is 1. The highest BCUT2D eigenvalue weighted by molar-refractivity contribution is 5.69. The summed E-state index contributed by atoms with van der Waals surface area (Å²) in [5.74, 6) is -0.216. The maximum absolute atomic E-state index is 12.2. The van der Waals surface area contributed by atoms with E-state index in [9.17, 15) is 9.90 Å². The quantitative estimate of drug-likeness (QED) is 0.0419. The first-order valence-electron chi connectivity index (χ1n) is 19.7. The second-order valence-corrected chi connectivity index (χ2v) is 13.0. The van der Waals surface area contributed by atoms with Crippen molar-refractivity contribution < 1.29 is 19.4 Å². The molecule has 1 unspecified atom stereocenters. The third-order valence-corrected chi connectivity index (χ3v) is 8.38. The van der Waals surface area contributed by atoms with Crippen LogP contribution in [0.1, 0.15) is 187 Å². The highest BCUT2D eigenvalue weighted by atomic mass is 16.6. The molecule has 1 atom stereocenters. The minimum atomic E-state index is -0.544. The van der Waals surface area contributed by atoms with Crippen molar-refractivity contribution in [2.45, 2.75) is 193 Å². The highest BCUT2D eigenvalue weighted by Gasteiger charge is 2.13. The SMILES string of the molecule is CCCCC/C=C\C/C=C\C/C=C\CCCCCCCCC(=O)OC(CO)COCCCCCCCC/C=C\CCCCCCC. The van der Waals surface area contributed by atoms with Crippen LogP contribution >= 0.6 is 0 Å². The molecule has 4 nitrogen and oxygen atoms in total. The van der Waals surface area contributed by atoms with Crippen molar-refractivity contribution in [3.05, 3.63) is 48.6 Å². The Balaban J connectivity index is 3.49. The molecule has 0 aromatic rings. The minimum absolute atomic E-state index is 0.180. The second-order valence-electron chi connectivity index (χ2n) is 13.0. The van der Waals surface area contributed by atoms with E-state index >= 15 is 0 Å². The molecular weight excluding hydrogens is 568 g/mol. The fraction of sp³-hybridized carbons (Fsp3) is 0.786. The van der Waals surface area contributed by atoms with Gasteiger partial charge in [0.15, 0.2) is 0 Å². The number of carbonyl (C=O) groups excluding carboxylic acids is 1. The summed E-state index contributed by atoms with van der Waals surface area (Å²) in [6.07, 6.45) is 50.1. The lowest BCUT2D eigenvalue weighted by atomic mass is 10.1. The molecular formula is C42H76O4. The fourth-order valence-corrected chi connectivity index (χ4v) is 5.39. The molecule has 0 rings (SSSR count). The van der Waals surface area contributed by atoms with E-state index in [4.69, 9.17) is 9.47 Å². The van der Waals surface area contributed by atoms with E-state index in [1.165, 1.54) is 122 Å². The number of rotatable bonds is 36. The Morgan fingerprint density at radius 3 is 1.43 bits per heavy atom. The van der Waals surface area contributed by atoms with Gasteiger partial charge in [-0.1, -0.05) is 152 Å². The van der Waals surface area contributed by atoms with E-state index in [2.05, 4.69) is 62.5 Å². The number of aliphatic hydroxyl groups excluding tert-OH is 1. The van der Waals surface area contributed by atoms with Gasteiger partial charge in [-0.3, -0.25) is 4.79 Å². The zero-order chi connectivity index (χ0) is 33.4. The average Bonchev–Trinajstić information content (AvgIpc) is 3.06. The fourth-order valence-electron chi connectivity index (χ4n) is 5.39. The molecule has 0 saturated heterocycles. The molecule has 0 amide bonds. The van der Waals surface area contributed by atoms with Gasteiger partial charge in [-0.25, -0.2) is 0 Å². The first-order valence-corrected chi connectivity index (χ1v) is 19.7. The number of aliphatic hydroxyl groups is 1. The van der Waals surface area contributed by atoms with Crippen LogP contribution in [0.3, 0.4) is 0 Å². The molecule has 0 heterocycles. The molecule has 1 N–H and O–H groups in total. The lowest BCUT2D eigenvalue weighted by molar-refractivity contribution is -0.154. The van der Waals surface area contributed by atoms with Crippen LogP contribution in [0.15, 0.2) is 48.6 Å². The van der Waals surface area contributed by atoms with Crippen molar-refractivity contribution in [1.29, 1.82) is 0 Å². The highest BCUT2D eigenvalue weighted by Crippen LogP contribution is 2.12. The van der Waals surface area contributed by atoms with Crippen LogP contribution in [-0.2, 0) is 14.3 Å². The summed E-state index contributed by atoms with van der Waals surface area (Å²) in [4.78, 5) is 12.2. The van der Waals surface area contributed by atoms with Crippen LogP contribution in [0.2, 0.25) is 0 Å². The third kappa shape index (κ3) is 36.8. The molecule has 0 aromatic carbocycles. The zero-order valence-electron chi connectivity index (χ0n) is 30.6. The Morgan fingerprint density at radius 2 is 0.913 bits per heavy atom. The summed E-state index contributed by atoms with van der Waals surface area (Å²) in [6, 6.07) is 0. The molecule has 0 aliphatic heterocycles. The molecule has 0 bridgehead atoms. The molecule has 0 aliphatic carbocycles. The minimum Gasteiger partial charge on any atom is -0.457 e. The molecule has 0 aliphatic rings. The van der Waals surface area contributed by atoms with Gasteiger partial charge in [0.25, 0.3) is 0 Å². The van der Waals surface area contributed by atoms with Crippen molar-refractivity contribution in [1.82, 2.24) is 0 Å². The van der Waals surface area contributed by atoms with Crippen LogP contribution in [-0.4, -0.2) is 37.0 Å². The monoisotopic (exact) mass is 645 g/mol. The van der Waals surface area contributed by atoms with Gasteiger partial charge in [0, 0.05) is 13.0 Å². The second kappa shape index (κ2) is 39.5. The molecule has 46 heavy (non-hydrogen) atoms. The average molecular weight is 645 g/mol. The van der Waals surface area contributed by atoms with Gasteiger partial charge in [-0.05, 0) is 77.0 Å². The van der Waals surface area contributed by atoms with Gasteiger partial charge >= 0.3 is 5.97 Å². The van der Waals surface area contributed by atoms with Crippen LogP contribution < -0.4 is 0 Å². The van der Waals surface area contributed by atoms with E-state index in [0.29, 0.717) is 13.0 Å². The molecule has 0 spiro atoms. The molecule has 268 valence electrons. The summed E-state index contributed by atoms with van der Waals surface area (Å²) in [5, 5.41) is 9.57. The number of unbranched alkanes of at least 4 members (excludes halogenated alkanes) is 20. The smallest absolute Gasteiger partial charge is 0.306 e. The predicted molar refractivity (Wildman–Crippen MR) is 200 cm³/mol. The van der Waals surface area contributed by atoms with E-state index in [-0.39, 0.29) is 19.2 Å². The normalized spacial score (nSPS) is 12.8. The van der Waals surface area contributed by atoms with E-state index < -0.39 is 6.10 Å². The Morgan fingerprint density at radius 1 is 0.522 bits per heavy atom. The summed E-state index contributed by atoms with van der Waals surface area (Å²) in [6.45, 7) is 5.29. The number of esters is 1. The number of carbonyl (C=O) groups is 1. The maximum Gasteiger partial charge on any atom is 0.306 e. The number of hydrogen-bond acceptors (Lipinski definition) is 4. The Kier molecular flexibility index (Phi) is 38.1. The Labute approximate surface area is 286 Å². The number of ether oxygens (including phenoxy) is 2. The molecule has 4 heteroatoms. The number of allylic oxidation sites excluding steroid dienone is 8. The standard InChI is InChI=1S/C42H76O4/c1-3-5-7-9-11-13-15-17-19-20-21-22-23-25-27-29-31-33-35-37-42(44)46-41(39-43)40-45-38-36-34-32-30-28-26-24-18-16-14-12-10-8-6-4-2/h11,13,16-19,21-22,41,43H,3-10,12,14-15,20,23-40H2,1-2H3/b13-11-,18-16-,19-17-,22-21-. The Bertz CT molecular complexity index is 723. The van der Waals surface area contributed by atoms with Crippen LogP contribution in [0.5, 0.6) is 0 Å². The lowest BCUT2D eigenvalue weighted by Gasteiger charge is -2.15. The van der Waals surface area contributed by atoms with E-state index in [0.717, 1.165) is 44.9 Å². The topological polar surface area (TPSA) is 55.8 Å². The van der Waals surface area contributed by atoms with Gasteiger partial charge in [0.2, 0.25) is 0 Å². The van der Waals surface area contributed by atoms with Crippen LogP contribution in [0, 0.1) is 0 Å². The molecule has 0 saturated carbocycles. The Hall–Kier alpha value is -1.65. The first kappa shape index (κ1) is 44.4. The zero-order valence-corrected chi connectivity index (χ0v) is 30.6. The van der Waals surface area contributed by atoms with Gasteiger partial charge < -0.3 is 14.6 Å². The molecule has 0 aromatic heterocycles. The van der Waals surface area contributed by atoms with Crippen molar-refractivity contribution in [2.75, 3.05) is 19.8 Å². The maximum atomic E-state index is 12.2. The third-order valence-electron chi connectivity index (χ3n) is 8.38. The molecule has 0 radical (unpaired) electrons. The van der Waals surface area contributed by atoms with Crippen molar-refractivity contribution in [3.8, 4) is 0 Å². The first-order chi connectivity index (χ1) is 22.7. The van der Waals surface area contributed by atoms with E-state index in [1.54, 1.807) is 0 Å². The van der Waals surface area contributed by atoms with Crippen molar-refractivity contribution >= 4 is 5.97 Å². The van der Waals surface area contributed by atoms with Gasteiger partial charge in [-0.15, -0.1) is 0 Å². The van der Waals surface area contributed by atoms with Crippen molar-refractivity contribution in [3.63, 3.8) is 0 Å². The summed E-state index contributed by atoms with van der Waals surface area (Å²) >= 11 is 0. The molecule has 0 fully saturated rings. The predicted octanol–water partition coefficient (Wildman–Crippen LogP) is 12.7. The summed E-state index contributed by atoms with van der Waals surface area (Å²) in [5.41, 5.74) is 0. The van der Waals surface area contributed by atoms with E-state index in [1.807, 2.05) is 0 Å². The van der Waals surface area contributed by atoms with Gasteiger partial charge in [0.1, 0.15) is 6.10 Å². The summed E-state index contributed by atoms with van der Waals surface area (Å²) in [7, 11) is 0. The van der Waals surface area contributed by atoms with Gasteiger partial charge in [0.05, 0.1) is 13.2 Å². The van der Waals surface area contributed by atoms with Gasteiger partial charge in [-0.2, -0.15) is 0 Å². The largest absolute Gasteiger partial charge is 0.457 e.